The van der Waals surface area contributed by atoms with Crippen molar-refractivity contribution >= 4 is 11.8 Å². The van der Waals surface area contributed by atoms with Crippen molar-refractivity contribution in [3.05, 3.63) is 11.6 Å². The fraction of sp³-hybridized carbons (Fsp3) is 0.636. The van der Waals surface area contributed by atoms with Gasteiger partial charge in [0.2, 0.25) is 5.91 Å². The summed E-state index contributed by atoms with van der Waals surface area (Å²) in [4.78, 5) is 22.6. The van der Waals surface area contributed by atoms with Gasteiger partial charge in [0.25, 0.3) is 5.91 Å². The Morgan fingerprint density at radius 3 is 2.00 bits per heavy atom. The van der Waals surface area contributed by atoms with Crippen LogP contribution in [0.15, 0.2) is 11.6 Å². The minimum absolute atomic E-state index is 0.161. The number of hydrogen-bond donors (Lipinski definition) is 1. The van der Waals surface area contributed by atoms with Crippen LogP contribution < -0.4 is 5.32 Å². The summed E-state index contributed by atoms with van der Waals surface area (Å²) >= 11 is 0. The third-order valence-electron chi connectivity index (χ3n) is 1.70. The Morgan fingerprint density at radius 2 is 1.64 bits per heavy atom. The Kier molecular flexibility index (Phi) is 5.13. The Labute approximate surface area is 85.6 Å². The predicted octanol–water partition coefficient (Wildman–Crippen LogP) is 1.89. The first kappa shape index (κ1) is 12.9. The highest BCUT2D eigenvalue weighted by Gasteiger charge is 2.12. The van der Waals surface area contributed by atoms with Crippen molar-refractivity contribution in [3.63, 3.8) is 0 Å². The van der Waals surface area contributed by atoms with Crippen LogP contribution in [0.4, 0.5) is 0 Å². The normalized spacial score (nSPS) is 12.1. The zero-order valence-electron chi connectivity index (χ0n) is 9.55. The van der Waals surface area contributed by atoms with Crippen molar-refractivity contribution < 1.29 is 9.59 Å². The molecule has 0 radical (unpaired) electrons. The molecule has 0 spiro atoms. The summed E-state index contributed by atoms with van der Waals surface area (Å²) in [5.41, 5.74) is 0.592. The molecule has 3 nitrogen and oxygen atoms in total. The highest BCUT2D eigenvalue weighted by molar-refractivity contribution is 6.04. The third-order valence-corrected chi connectivity index (χ3v) is 1.70. The number of hydrogen-bond acceptors (Lipinski definition) is 2. The molecular formula is C11H19NO2. The molecule has 0 aliphatic rings. The summed E-state index contributed by atoms with van der Waals surface area (Å²) in [5.74, 6) is -0.371. The summed E-state index contributed by atoms with van der Waals surface area (Å²) in [7, 11) is 0. The van der Waals surface area contributed by atoms with E-state index in [2.05, 4.69) is 5.32 Å². The first-order valence-electron chi connectivity index (χ1n) is 4.88. The standard InChI is InChI=1S/C11H19NO2/c1-7(2)6-9(5)11(14)12-10(13)8(3)4/h6-8H,1-5H3,(H,12,13,14)/b9-6-. The molecule has 0 aliphatic carbocycles. The van der Waals surface area contributed by atoms with Crippen LogP contribution in [0.25, 0.3) is 0 Å². The smallest absolute Gasteiger partial charge is 0.253 e. The Morgan fingerprint density at radius 1 is 1.14 bits per heavy atom. The van der Waals surface area contributed by atoms with Gasteiger partial charge in [0, 0.05) is 11.5 Å². The van der Waals surface area contributed by atoms with Crippen LogP contribution >= 0.6 is 0 Å². The largest absolute Gasteiger partial charge is 0.292 e. The first-order chi connectivity index (χ1) is 6.34. The van der Waals surface area contributed by atoms with Crippen molar-refractivity contribution in [3.8, 4) is 0 Å². The van der Waals surface area contributed by atoms with Gasteiger partial charge in [0.1, 0.15) is 0 Å². The summed E-state index contributed by atoms with van der Waals surface area (Å²) in [5, 5.41) is 2.34. The summed E-state index contributed by atoms with van der Waals surface area (Å²) < 4.78 is 0. The summed E-state index contributed by atoms with van der Waals surface area (Å²) in [6.45, 7) is 9.19. The highest BCUT2D eigenvalue weighted by atomic mass is 16.2. The van der Waals surface area contributed by atoms with Crippen LogP contribution in [-0.4, -0.2) is 11.8 Å². The molecule has 14 heavy (non-hydrogen) atoms. The van der Waals surface area contributed by atoms with Crippen molar-refractivity contribution in [2.24, 2.45) is 11.8 Å². The molecule has 0 aromatic carbocycles. The molecule has 0 bridgehead atoms. The van der Waals surface area contributed by atoms with Crippen LogP contribution in [-0.2, 0) is 9.59 Å². The van der Waals surface area contributed by atoms with Gasteiger partial charge >= 0.3 is 0 Å². The molecule has 0 heterocycles. The van der Waals surface area contributed by atoms with Gasteiger partial charge in [0.05, 0.1) is 0 Å². The van der Waals surface area contributed by atoms with E-state index in [0.717, 1.165) is 0 Å². The van der Waals surface area contributed by atoms with E-state index in [-0.39, 0.29) is 17.7 Å². The lowest BCUT2D eigenvalue weighted by molar-refractivity contribution is -0.130. The number of carbonyl (C=O) groups is 2. The van der Waals surface area contributed by atoms with E-state index in [9.17, 15) is 9.59 Å². The number of imide groups is 1. The minimum Gasteiger partial charge on any atom is -0.292 e. The fourth-order valence-corrected chi connectivity index (χ4v) is 0.931. The van der Waals surface area contributed by atoms with Gasteiger partial charge in [0.15, 0.2) is 0 Å². The molecule has 3 heteroatoms. The SMILES string of the molecule is C/C(=C/C(C)C)C(=O)NC(=O)C(C)C. The average molecular weight is 197 g/mol. The number of amides is 2. The van der Waals surface area contributed by atoms with Crippen LogP contribution in [0.3, 0.4) is 0 Å². The number of rotatable bonds is 3. The van der Waals surface area contributed by atoms with Crippen molar-refractivity contribution in [1.82, 2.24) is 5.32 Å². The maximum absolute atomic E-state index is 11.4. The van der Waals surface area contributed by atoms with Crippen LogP contribution in [0.5, 0.6) is 0 Å². The van der Waals surface area contributed by atoms with E-state index in [0.29, 0.717) is 11.5 Å². The summed E-state index contributed by atoms with van der Waals surface area (Å²) in [6, 6.07) is 0. The molecule has 2 amide bonds. The molecule has 0 saturated heterocycles. The monoisotopic (exact) mass is 197 g/mol. The number of allylic oxidation sites excluding steroid dienone is 1. The minimum atomic E-state index is -0.294. The summed E-state index contributed by atoms with van der Waals surface area (Å²) in [6.07, 6.45) is 1.84. The van der Waals surface area contributed by atoms with Gasteiger partial charge in [-0.15, -0.1) is 0 Å². The Hall–Kier alpha value is -1.12. The van der Waals surface area contributed by atoms with Crippen LogP contribution in [0, 0.1) is 11.8 Å². The molecule has 1 N–H and O–H groups in total. The maximum atomic E-state index is 11.4. The molecule has 0 aliphatic heterocycles. The van der Waals surface area contributed by atoms with Crippen molar-refractivity contribution in [1.29, 1.82) is 0 Å². The van der Waals surface area contributed by atoms with E-state index in [1.807, 2.05) is 19.9 Å². The molecule has 0 saturated carbocycles. The van der Waals surface area contributed by atoms with Gasteiger partial charge < -0.3 is 0 Å². The zero-order valence-corrected chi connectivity index (χ0v) is 9.55. The highest BCUT2D eigenvalue weighted by Crippen LogP contribution is 2.02. The Balaban J connectivity index is 4.29. The molecule has 0 aromatic heterocycles. The van der Waals surface area contributed by atoms with E-state index in [4.69, 9.17) is 0 Å². The van der Waals surface area contributed by atoms with Crippen LogP contribution in [0.1, 0.15) is 34.6 Å². The topological polar surface area (TPSA) is 46.2 Å². The van der Waals surface area contributed by atoms with Crippen LogP contribution in [0.2, 0.25) is 0 Å². The number of carbonyl (C=O) groups excluding carboxylic acids is 2. The van der Waals surface area contributed by atoms with Crippen molar-refractivity contribution in [2.75, 3.05) is 0 Å². The second kappa shape index (κ2) is 5.58. The second-order valence-corrected chi connectivity index (χ2v) is 4.07. The molecular weight excluding hydrogens is 178 g/mol. The van der Waals surface area contributed by atoms with Gasteiger partial charge in [-0.1, -0.05) is 33.8 Å². The van der Waals surface area contributed by atoms with Gasteiger partial charge in [-0.3, -0.25) is 14.9 Å². The molecule has 0 atom stereocenters. The Bertz CT molecular complexity index is 252. The second-order valence-electron chi connectivity index (χ2n) is 4.07. The predicted molar refractivity (Wildman–Crippen MR) is 56.6 cm³/mol. The third kappa shape index (κ3) is 4.80. The van der Waals surface area contributed by atoms with E-state index >= 15 is 0 Å². The molecule has 0 rings (SSSR count). The quantitative estimate of drug-likeness (QED) is 0.702. The molecule has 0 unspecified atom stereocenters. The van der Waals surface area contributed by atoms with Gasteiger partial charge in [-0.2, -0.15) is 0 Å². The average Bonchev–Trinajstić information content (AvgIpc) is 2.02. The van der Waals surface area contributed by atoms with Gasteiger partial charge in [-0.05, 0) is 12.8 Å². The lowest BCUT2D eigenvalue weighted by Gasteiger charge is -2.07. The fourth-order valence-electron chi connectivity index (χ4n) is 0.931. The molecule has 0 aromatic rings. The molecule has 0 fully saturated rings. The first-order valence-corrected chi connectivity index (χ1v) is 4.88. The lowest BCUT2D eigenvalue weighted by Crippen LogP contribution is -2.34. The van der Waals surface area contributed by atoms with Gasteiger partial charge in [-0.25, -0.2) is 0 Å². The van der Waals surface area contributed by atoms with E-state index in [1.54, 1.807) is 20.8 Å². The zero-order chi connectivity index (χ0) is 11.3. The molecule has 80 valence electrons. The van der Waals surface area contributed by atoms with E-state index < -0.39 is 0 Å². The van der Waals surface area contributed by atoms with Crippen molar-refractivity contribution in [2.45, 2.75) is 34.6 Å². The number of nitrogens with one attached hydrogen (secondary N) is 1. The lowest BCUT2D eigenvalue weighted by atomic mass is 10.1. The maximum Gasteiger partial charge on any atom is 0.253 e. The van der Waals surface area contributed by atoms with E-state index in [1.165, 1.54) is 0 Å².